The van der Waals surface area contributed by atoms with Crippen molar-refractivity contribution in [3.05, 3.63) is 0 Å². The molecule has 0 aromatic carbocycles. The maximum Gasteiger partial charge on any atom is 0.162 e. The Morgan fingerprint density at radius 3 is 2.25 bits per heavy atom. The van der Waals surface area contributed by atoms with Crippen molar-refractivity contribution in [2.24, 2.45) is 5.92 Å². The summed E-state index contributed by atoms with van der Waals surface area (Å²) in [5, 5.41) is 0.715. The van der Waals surface area contributed by atoms with Crippen LogP contribution in [0.5, 0.6) is 0 Å². The maximum atomic E-state index is 5.03. The van der Waals surface area contributed by atoms with Gasteiger partial charge in [-0.2, -0.15) is 0 Å². The molecule has 0 rings (SSSR count). The van der Waals surface area contributed by atoms with Crippen LogP contribution in [0, 0.1) is 5.92 Å². The Labute approximate surface area is 56.0 Å². The van der Waals surface area contributed by atoms with Gasteiger partial charge in [-0.05, 0) is 19.1 Å². The molecule has 0 saturated heterocycles. The van der Waals surface area contributed by atoms with Crippen molar-refractivity contribution >= 4 is 17.3 Å². The van der Waals surface area contributed by atoms with Crippen LogP contribution >= 0.6 is 12.2 Å². The lowest BCUT2D eigenvalue weighted by Crippen LogP contribution is -2.08. The van der Waals surface area contributed by atoms with E-state index in [0.29, 0.717) is 17.6 Å². The van der Waals surface area contributed by atoms with Crippen LogP contribution in [0.1, 0.15) is 20.8 Å². The van der Waals surface area contributed by atoms with Crippen molar-refractivity contribution < 1.29 is 4.74 Å². The highest BCUT2D eigenvalue weighted by molar-refractivity contribution is 7.80. The third-order valence-corrected chi connectivity index (χ3v) is 1.35. The number of ether oxygens (including phenoxy) is 1. The summed E-state index contributed by atoms with van der Waals surface area (Å²) in [6.07, 6.45) is 0. The molecule has 0 unspecified atom stereocenters. The topological polar surface area (TPSA) is 9.23 Å². The standard InChI is InChI=1S/C6H12OS/c1-4-7-6(8)5(2)3/h5H,4H2,1-3H3. The van der Waals surface area contributed by atoms with Gasteiger partial charge in [0.25, 0.3) is 0 Å². The van der Waals surface area contributed by atoms with Crippen LogP contribution in [0.25, 0.3) is 0 Å². The molecule has 1 nitrogen and oxygen atoms in total. The normalized spacial score (nSPS) is 9.50. The number of hydrogen-bond acceptors (Lipinski definition) is 2. The molecule has 0 fully saturated rings. The van der Waals surface area contributed by atoms with Crippen LogP contribution in [0.15, 0.2) is 0 Å². The molecular weight excluding hydrogens is 120 g/mol. The molecule has 0 amide bonds. The predicted octanol–water partition coefficient (Wildman–Crippen LogP) is 2.01. The molecule has 0 atom stereocenters. The second-order valence-corrected chi connectivity index (χ2v) is 2.31. The molecule has 0 N–H and O–H groups in total. The van der Waals surface area contributed by atoms with Gasteiger partial charge >= 0.3 is 0 Å². The Kier molecular flexibility index (Phi) is 3.79. The molecule has 48 valence electrons. The molecule has 8 heavy (non-hydrogen) atoms. The van der Waals surface area contributed by atoms with Crippen molar-refractivity contribution in [3.8, 4) is 0 Å². The van der Waals surface area contributed by atoms with E-state index in [4.69, 9.17) is 17.0 Å². The van der Waals surface area contributed by atoms with Crippen LogP contribution in [-0.2, 0) is 4.74 Å². The summed E-state index contributed by atoms with van der Waals surface area (Å²) < 4.78 is 5.03. The summed E-state index contributed by atoms with van der Waals surface area (Å²) in [5.74, 6) is 0.380. The third-order valence-electron chi connectivity index (χ3n) is 0.758. The highest BCUT2D eigenvalue weighted by Gasteiger charge is 1.99. The Bertz CT molecular complexity index is 78.6. The smallest absolute Gasteiger partial charge is 0.162 e. The van der Waals surface area contributed by atoms with E-state index in [-0.39, 0.29) is 0 Å². The van der Waals surface area contributed by atoms with Crippen LogP contribution in [0.3, 0.4) is 0 Å². The SMILES string of the molecule is CCOC(=S)C(C)C. The van der Waals surface area contributed by atoms with Gasteiger partial charge in [-0.15, -0.1) is 0 Å². The van der Waals surface area contributed by atoms with Crippen molar-refractivity contribution in [2.75, 3.05) is 6.61 Å². The summed E-state index contributed by atoms with van der Waals surface area (Å²) in [5.41, 5.74) is 0. The predicted molar refractivity (Wildman–Crippen MR) is 39.1 cm³/mol. The van der Waals surface area contributed by atoms with Crippen LogP contribution in [0.4, 0.5) is 0 Å². The lowest BCUT2D eigenvalue weighted by atomic mass is 10.2. The van der Waals surface area contributed by atoms with Gasteiger partial charge in [0.15, 0.2) is 5.05 Å². The first-order valence-electron chi connectivity index (χ1n) is 2.85. The summed E-state index contributed by atoms with van der Waals surface area (Å²) in [7, 11) is 0. The van der Waals surface area contributed by atoms with E-state index in [1.165, 1.54) is 0 Å². The number of thiocarbonyl (C=S) groups is 1. The molecule has 0 bridgehead atoms. The van der Waals surface area contributed by atoms with Gasteiger partial charge < -0.3 is 4.74 Å². The van der Waals surface area contributed by atoms with Crippen molar-refractivity contribution in [2.45, 2.75) is 20.8 Å². The lowest BCUT2D eigenvalue weighted by Gasteiger charge is -2.05. The number of rotatable bonds is 2. The monoisotopic (exact) mass is 132 g/mol. The van der Waals surface area contributed by atoms with E-state index >= 15 is 0 Å². The summed E-state index contributed by atoms with van der Waals surface area (Å²) in [6.45, 7) is 6.68. The van der Waals surface area contributed by atoms with E-state index in [1.807, 2.05) is 20.8 Å². The van der Waals surface area contributed by atoms with Gasteiger partial charge in [-0.1, -0.05) is 13.8 Å². The summed E-state index contributed by atoms with van der Waals surface area (Å²) in [4.78, 5) is 0. The van der Waals surface area contributed by atoms with Gasteiger partial charge in [0.05, 0.1) is 6.61 Å². The van der Waals surface area contributed by atoms with Gasteiger partial charge in [0.2, 0.25) is 0 Å². The van der Waals surface area contributed by atoms with E-state index in [2.05, 4.69) is 0 Å². The Morgan fingerprint density at radius 1 is 1.62 bits per heavy atom. The van der Waals surface area contributed by atoms with E-state index < -0.39 is 0 Å². The van der Waals surface area contributed by atoms with E-state index in [0.717, 1.165) is 0 Å². The molecule has 0 heterocycles. The second-order valence-electron chi connectivity index (χ2n) is 1.91. The molecule has 0 aliphatic carbocycles. The molecular formula is C6H12OS. The molecule has 0 aromatic rings. The fraction of sp³-hybridized carbons (Fsp3) is 0.833. The average Bonchev–Trinajstić information content (AvgIpc) is 1.67. The van der Waals surface area contributed by atoms with Crippen LogP contribution in [0.2, 0.25) is 0 Å². The quantitative estimate of drug-likeness (QED) is 0.531. The third kappa shape index (κ3) is 2.97. The van der Waals surface area contributed by atoms with Gasteiger partial charge in [-0.25, -0.2) is 0 Å². The molecule has 0 radical (unpaired) electrons. The summed E-state index contributed by atoms with van der Waals surface area (Å²) >= 11 is 4.85. The first kappa shape index (κ1) is 7.89. The minimum absolute atomic E-state index is 0.380. The average molecular weight is 132 g/mol. The summed E-state index contributed by atoms with van der Waals surface area (Å²) in [6, 6.07) is 0. The Hall–Kier alpha value is -0.110. The van der Waals surface area contributed by atoms with E-state index in [1.54, 1.807) is 0 Å². The van der Waals surface area contributed by atoms with Crippen molar-refractivity contribution in [1.29, 1.82) is 0 Å². The first-order chi connectivity index (χ1) is 3.68. The molecule has 0 aromatic heterocycles. The fourth-order valence-corrected chi connectivity index (χ4v) is 0.427. The zero-order valence-corrected chi connectivity index (χ0v) is 6.42. The maximum absolute atomic E-state index is 5.03. The Morgan fingerprint density at radius 2 is 2.12 bits per heavy atom. The molecule has 0 saturated carbocycles. The second kappa shape index (κ2) is 3.84. The lowest BCUT2D eigenvalue weighted by molar-refractivity contribution is 0.317. The molecule has 0 aliphatic rings. The number of hydrogen-bond donors (Lipinski definition) is 0. The zero-order valence-electron chi connectivity index (χ0n) is 5.60. The largest absolute Gasteiger partial charge is 0.487 e. The molecule has 0 spiro atoms. The van der Waals surface area contributed by atoms with Crippen LogP contribution in [-0.4, -0.2) is 11.7 Å². The highest BCUT2D eigenvalue weighted by Crippen LogP contribution is 1.97. The van der Waals surface area contributed by atoms with Gasteiger partial charge in [-0.3, -0.25) is 0 Å². The molecule has 2 heteroatoms. The fourth-order valence-electron chi connectivity index (χ4n) is 0.309. The minimum Gasteiger partial charge on any atom is -0.487 e. The minimum atomic E-state index is 0.380. The van der Waals surface area contributed by atoms with Crippen molar-refractivity contribution in [3.63, 3.8) is 0 Å². The highest BCUT2D eigenvalue weighted by atomic mass is 32.1. The van der Waals surface area contributed by atoms with Crippen LogP contribution < -0.4 is 0 Å². The first-order valence-corrected chi connectivity index (χ1v) is 3.26. The van der Waals surface area contributed by atoms with E-state index in [9.17, 15) is 0 Å². The zero-order chi connectivity index (χ0) is 6.57. The van der Waals surface area contributed by atoms with Gasteiger partial charge in [0.1, 0.15) is 0 Å². The van der Waals surface area contributed by atoms with Gasteiger partial charge in [0, 0.05) is 5.92 Å². The van der Waals surface area contributed by atoms with Crippen molar-refractivity contribution in [1.82, 2.24) is 0 Å². The molecule has 0 aliphatic heterocycles. The Balaban J connectivity index is 3.33.